The molecule has 1 heterocycles. The van der Waals surface area contributed by atoms with Crippen LogP contribution in [0.2, 0.25) is 5.02 Å². The zero-order valence-electron chi connectivity index (χ0n) is 9.53. The Bertz CT molecular complexity index is 623. The molecule has 2 aromatic rings. The molecule has 1 aromatic heterocycles. The van der Waals surface area contributed by atoms with Gasteiger partial charge >= 0.3 is 0 Å². The van der Waals surface area contributed by atoms with E-state index in [0.29, 0.717) is 5.92 Å². The Labute approximate surface area is 104 Å². The number of aromatic amines is 1. The lowest BCUT2D eigenvalue weighted by atomic mass is 10.2. The summed E-state index contributed by atoms with van der Waals surface area (Å²) in [6.45, 7) is 1.96. The van der Waals surface area contributed by atoms with Gasteiger partial charge in [-0.15, -0.1) is 0 Å². The smallest absolute Gasteiger partial charge is 0.264 e. The lowest BCUT2D eigenvalue weighted by Gasteiger charge is -2.11. The third kappa shape index (κ3) is 1.80. The summed E-state index contributed by atoms with van der Waals surface area (Å²) in [6.07, 6.45) is 2.33. The number of hydrogen-bond acceptors (Lipinski definition) is 1. The van der Waals surface area contributed by atoms with Crippen LogP contribution in [-0.4, -0.2) is 9.78 Å². The predicted octanol–water partition coefficient (Wildman–Crippen LogP) is 3.00. The first-order valence-corrected chi connectivity index (χ1v) is 6.12. The van der Waals surface area contributed by atoms with Crippen LogP contribution in [0.4, 0.5) is 0 Å². The highest BCUT2D eigenvalue weighted by atomic mass is 35.5. The van der Waals surface area contributed by atoms with Crippen molar-refractivity contribution in [1.29, 1.82) is 0 Å². The third-order valence-corrected chi connectivity index (χ3v) is 3.64. The number of nitrogens with zero attached hydrogens (tertiary/aromatic N) is 1. The highest BCUT2D eigenvalue weighted by Gasteiger charge is 2.28. The first-order valence-electron chi connectivity index (χ1n) is 5.74. The van der Waals surface area contributed by atoms with Crippen molar-refractivity contribution in [3.8, 4) is 5.69 Å². The van der Waals surface area contributed by atoms with Gasteiger partial charge in [0.2, 0.25) is 0 Å². The van der Waals surface area contributed by atoms with Gasteiger partial charge in [0, 0.05) is 22.7 Å². The van der Waals surface area contributed by atoms with E-state index in [9.17, 15) is 4.79 Å². The summed E-state index contributed by atoms with van der Waals surface area (Å²) in [5.41, 5.74) is 2.97. The van der Waals surface area contributed by atoms with E-state index in [1.807, 2.05) is 29.8 Å². The van der Waals surface area contributed by atoms with Gasteiger partial charge in [0.05, 0.1) is 5.69 Å². The van der Waals surface area contributed by atoms with Crippen LogP contribution in [0, 0.1) is 6.92 Å². The summed E-state index contributed by atoms with van der Waals surface area (Å²) in [4.78, 5) is 11.5. The topological polar surface area (TPSA) is 37.8 Å². The number of rotatable bonds is 2. The average Bonchev–Trinajstić information content (AvgIpc) is 3.06. The molecule has 3 nitrogen and oxygen atoms in total. The number of H-pyrrole nitrogens is 1. The molecule has 1 fully saturated rings. The van der Waals surface area contributed by atoms with E-state index in [-0.39, 0.29) is 5.56 Å². The maximum absolute atomic E-state index is 11.5. The van der Waals surface area contributed by atoms with Gasteiger partial charge in [0.25, 0.3) is 5.56 Å². The van der Waals surface area contributed by atoms with Gasteiger partial charge in [0.15, 0.2) is 0 Å². The second kappa shape index (κ2) is 3.77. The van der Waals surface area contributed by atoms with Crippen LogP contribution in [0.1, 0.15) is 30.0 Å². The quantitative estimate of drug-likeness (QED) is 0.872. The summed E-state index contributed by atoms with van der Waals surface area (Å²) in [5.74, 6) is 0.521. The van der Waals surface area contributed by atoms with Gasteiger partial charge in [0.1, 0.15) is 0 Å². The van der Waals surface area contributed by atoms with E-state index < -0.39 is 0 Å². The van der Waals surface area contributed by atoms with Gasteiger partial charge < -0.3 is 0 Å². The zero-order chi connectivity index (χ0) is 12.0. The number of hydrogen-bond donors (Lipinski definition) is 1. The molecule has 1 saturated carbocycles. The molecule has 1 aliphatic rings. The molecule has 0 spiro atoms. The molecule has 1 N–H and O–H groups in total. The normalized spacial score (nSPS) is 15.2. The largest absolute Gasteiger partial charge is 0.268 e. The average molecular weight is 249 g/mol. The van der Waals surface area contributed by atoms with Crippen LogP contribution in [0.25, 0.3) is 5.69 Å². The maximum Gasteiger partial charge on any atom is 0.264 e. The van der Waals surface area contributed by atoms with Crippen LogP contribution in [-0.2, 0) is 0 Å². The second-order valence-corrected chi connectivity index (χ2v) is 4.95. The molecular formula is C13H13ClN2O. The van der Waals surface area contributed by atoms with Crippen LogP contribution in [0.3, 0.4) is 0 Å². The minimum Gasteiger partial charge on any atom is -0.268 e. The number of benzene rings is 1. The number of aromatic nitrogens is 2. The van der Waals surface area contributed by atoms with E-state index in [1.54, 1.807) is 6.07 Å². The Morgan fingerprint density at radius 3 is 2.88 bits per heavy atom. The molecule has 4 heteroatoms. The number of nitrogens with one attached hydrogen (secondary N) is 1. The second-order valence-electron chi connectivity index (χ2n) is 4.54. The van der Waals surface area contributed by atoms with Crippen molar-refractivity contribution < 1.29 is 0 Å². The molecular weight excluding hydrogens is 236 g/mol. The van der Waals surface area contributed by atoms with Gasteiger partial charge in [-0.05, 0) is 37.5 Å². The van der Waals surface area contributed by atoms with Crippen molar-refractivity contribution in [2.45, 2.75) is 25.7 Å². The molecule has 0 unspecified atom stereocenters. The molecule has 0 radical (unpaired) electrons. The lowest BCUT2D eigenvalue weighted by Crippen LogP contribution is -2.06. The lowest BCUT2D eigenvalue weighted by molar-refractivity contribution is 0.795. The Hall–Kier alpha value is -1.48. The molecule has 1 aliphatic carbocycles. The fourth-order valence-corrected chi connectivity index (χ4v) is 2.29. The first-order chi connectivity index (χ1) is 8.16. The summed E-state index contributed by atoms with van der Waals surface area (Å²) < 4.78 is 1.88. The van der Waals surface area contributed by atoms with Crippen LogP contribution in [0.5, 0.6) is 0 Å². The third-order valence-electron chi connectivity index (χ3n) is 3.23. The Kier molecular flexibility index (Phi) is 2.37. The van der Waals surface area contributed by atoms with Crippen molar-refractivity contribution in [3.05, 3.63) is 50.9 Å². The van der Waals surface area contributed by atoms with Crippen molar-refractivity contribution >= 4 is 11.6 Å². The van der Waals surface area contributed by atoms with Crippen molar-refractivity contribution in [2.75, 3.05) is 0 Å². The van der Waals surface area contributed by atoms with Crippen LogP contribution in [0.15, 0.2) is 29.1 Å². The zero-order valence-corrected chi connectivity index (χ0v) is 10.3. The highest BCUT2D eigenvalue weighted by molar-refractivity contribution is 6.31. The Morgan fingerprint density at radius 2 is 2.18 bits per heavy atom. The molecule has 0 bridgehead atoms. The van der Waals surface area contributed by atoms with Crippen molar-refractivity contribution in [1.82, 2.24) is 9.78 Å². The highest BCUT2D eigenvalue weighted by Crippen LogP contribution is 2.40. The minimum atomic E-state index is -0.0497. The van der Waals surface area contributed by atoms with Crippen molar-refractivity contribution in [3.63, 3.8) is 0 Å². The van der Waals surface area contributed by atoms with Crippen LogP contribution >= 0.6 is 11.6 Å². The predicted molar refractivity (Wildman–Crippen MR) is 68.1 cm³/mol. The maximum atomic E-state index is 11.5. The fraction of sp³-hybridized carbons (Fsp3) is 0.308. The monoisotopic (exact) mass is 248 g/mol. The summed E-state index contributed by atoms with van der Waals surface area (Å²) in [7, 11) is 0. The van der Waals surface area contributed by atoms with E-state index >= 15 is 0 Å². The van der Waals surface area contributed by atoms with E-state index in [0.717, 1.165) is 34.8 Å². The standard InChI is InChI=1S/C13H13ClN2O/c1-8-10(14)3-2-4-11(8)16-12(9-5-6-9)7-13(17)15-16/h2-4,7,9H,5-6H2,1H3,(H,15,17). The minimum absolute atomic E-state index is 0.0497. The van der Waals surface area contributed by atoms with Gasteiger partial charge in [-0.3, -0.25) is 14.6 Å². The summed E-state index contributed by atoms with van der Waals surface area (Å²) >= 11 is 6.11. The van der Waals surface area contributed by atoms with Gasteiger partial charge in [-0.1, -0.05) is 17.7 Å². The SMILES string of the molecule is Cc1c(Cl)cccc1-n1[nH]c(=O)cc1C1CC1. The molecule has 0 aliphatic heterocycles. The Balaban J connectivity index is 2.20. The van der Waals surface area contributed by atoms with E-state index in [1.165, 1.54) is 0 Å². The number of halogens is 1. The summed E-state index contributed by atoms with van der Waals surface area (Å²) in [5, 5.41) is 3.57. The molecule has 0 amide bonds. The molecule has 0 saturated heterocycles. The summed E-state index contributed by atoms with van der Waals surface area (Å²) in [6, 6.07) is 7.43. The Morgan fingerprint density at radius 1 is 1.41 bits per heavy atom. The first kappa shape index (κ1) is 10.7. The molecule has 88 valence electrons. The van der Waals surface area contributed by atoms with E-state index in [2.05, 4.69) is 5.10 Å². The van der Waals surface area contributed by atoms with Crippen molar-refractivity contribution in [2.24, 2.45) is 0 Å². The molecule has 17 heavy (non-hydrogen) atoms. The molecule has 1 aromatic carbocycles. The van der Waals surface area contributed by atoms with Crippen LogP contribution < -0.4 is 5.56 Å². The van der Waals surface area contributed by atoms with Gasteiger partial charge in [-0.25, -0.2) is 0 Å². The van der Waals surface area contributed by atoms with Gasteiger partial charge in [-0.2, -0.15) is 0 Å². The molecule has 0 atom stereocenters. The van der Waals surface area contributed by atoms with E-state index in [4.69, 9.17) is 11.6 Å². The molecule has 3 rings (SSSR count). The fourth-order valence-electron chi connectivity index (χ4n) is 2.12.